The third-order valence-electron chi connectivity index (χ3n) is 0.346. The summed E-state index contributed by atoms with van der Waals surface area (Å²) in [7, 11) is 1.69. The van der Waals surface area contributed by atoms with E-state index in [1.165, 1.54) is 6.20 Å². The van der Waals surface area contributed by atoms with E-state index in [4.69, 9.17) is 5.73 Å². The number of hydrogen-bond acceptors (Lipinski definition) is 2. The molecule has 0 aliphatic rings. The third kappa shape index (κ3) is 3.21. The number of nitrogens with two attached hydrogens (primary N) is 1. The van der Waals surface area contributed by atoms with Gasteiger partial charge in [-0.05, 0) is 12.3 Å². The average Bonchev–Trinajstić information content (AvgIpc) is 1.61. The van der Waals surface area contributed by atoms with Gasteiger partial charge in [0.05, 0.1) is 0 Å². The lowest BCUT2D eigenvalue weighted by Crippen LogP contribution is -1.74. The van der Waals surface area contributed by atoms with Crippen molar-refractivity contribution in [3.63, 3.8) is 0 Å². The summed E-state index contributed by atoms with van der Waals surface area (Å²) in [4.78, 5) is 3.63. The molecule has 0 aliphatic carbocycles. The van der Waals surface area contributed by atoms with Gasteiger partial charge in [0.25, 0.3) is 0 Å². The predicted octanol–water partition coefficient (Wildman–Crippen LogP) is 0.159. The van der Waals surface area contributed by atoms with Crippen molar-refractivity contribution in [2.45, 2.75) is 0 Å². The van der Waals surface area contributed by atoms with E-state index in [0.717, 1.165) is 0 Å². The molecule has 0 saturated carbocycles. The lowest BCUT2D eigenvalue weighted by atomic mass is 10.7. The van der Waals surface area contributed by atoms with E-state index >= 15 is 0 Å². The van der Waals surface area contributed by atoms with Crippen molar-refractivity contribution in [1.29, 1.82) is 0 Å². The molecule has 2 nitrogen and oxygen atoms in total. The number of aliphatic imine (C=N–C) groups is 1. The molecule has 6 heavy (non-hydrogen) atoms. The zero-order chi connectivity index (χ0) is 4.83. The third-order valence-corrected chi connectivity index (χ3v) is 0.346. The summed E-state index contributed by atoms with van der Waals surface area (Å²) < 4.78 is 0. The second kappa shape index (κ2) is 4.21. The maximum atomic E-state index is 4.94. The van der Waals surface area contributed by atoms with Gasteiger partial charge in [0.1, 0.15) is 0 Å². The molecule has 34 valence electrons. The molecule has 0 aromatic rings. The molecular formula is C4H8N2. The van der Waals surface area contributed by atoms with Crippen LogP contribution in [0.3, 0.4) is 0 Å². The van der Waals surface area contributed by atoms with E-state index in [1.54, 1.807) is 19.3 Å². The Morgan fingerprint density at radius 2 is 2.33 bits per heavy atom. The Hall–Kier alpha value is -0.790. The quantitative estimate of drug-likeness (QED) is 0.451. The Bertz CT molecular complexity index is 53.9. The van der Waals surface area contributed by atoms with Gasteiger partial charge >= 0.3 is 0 Å². The first-order valence-corrected chi connectivity index (χ1v) is 1.71. The highest BCUT2D eigenvalue weighted by molar-refractivity contribution is 5.70. The first kappa shape index (κ1) is 5.21. The predicted molar refractivity (Wildman–Crippen MR) is 27.7 cm³/mol. The van der Waals surface area contributed by atoms with Crippen molar-refractivity contribution < 1.29 is 0 Å². The summed E-state index contributed by atoms with van der Waals surface area (Å²) in [6.45, 7) is 0. The first-order valence-electron chi connectivity index (χ1n) is 1.71. The Labute approximate surface area is 37.4 Å². The SMILES string of the molecule is CN=CC=CN. The molecular weight excluding hydrogens is 76.1 g/mol. The maximum Gasteiger partial charge on any atom is 0.0277 e. The van der Waals surface area contributed by atoms with E-state index in [1.807, 2.05) is 0 Å². The lowest BCUT2D eigenvalue weighted by Gasteiger charge is -1.64. The van der Waals surface area contributed by atoms with Gasteiger partial charge in [0.15, 0.2) is 0 Å². The van der Waals surface area contributed by atoms with Gasteiger partial charge in [0, 0.05) is 13.3 Å². The zero-order valence-electron chi connectivity index (χ0n) is 3.76. The van der Waals surface area contributed by atoms with Crippen LogP contribution in [-0.2, 0) is 0 Å². The Morgan fingerprint density at radius 1 is 1.67 bits per heavy atom. The summed E-state index contributed by atoms with van der Waals surface area (Å²) in [5.74, 6) is 0. The van der Waals surface area contributed by atoms with Crippen LogP contribution in [0.25, 0.3) is 0 Å². The minimum atomic E-state index is 1.44. The van der Waals surface area contributed by atoms with Crippen LogP contribution in [0.1, 0.15) is 0 Å². The Kier molecular flexibility index (Phi) is 3.66. The van der Waals surface area contributed by atoms with Gasteiger partial charge < -0.3 is 5.73 Å². The van der Waals surface area contributed by atoms with Crippen molar-refractivity contribution >= 4 is 6.21 Å². The summed E-state index contributed by atoms with van der Waals surface area (Å²) in [5, 5.41) is 0. The molecule has 0 aromatic carbocycles. The number of nitrogens with zero attached hydrogens (tertiary/aromatic N) is 1. The Morgan fingerprint density at radius 3 is 2.50 bits per heavy atom. The molecule has 0 radical (unpaired) electrons. The van der Waals surface area contributed by atoms with E-state index < -0.39 is 0 Å². The molecule has 0 rings (SSSR count). The standard InChI is InChI=1S/C4H8N2/c1-6-4-2-3-5/h2-4H,5H2,1H3. The minimum Gasteiger partial charge on any atom is -0.405 e. The molecule has 0 heterocycles. The van der Waals surface area contributed by atoms with E-state index in [2.05, 4.69) is 4.99 Å². The van der Waals surface area contributed by atoms with Crippen LogP contribution in [0, 0.1) is 0 Å². The van der Waals surface area contributed by atoms with Gasteiger partial charge in [-0.3, -0.25) is 4.99 Å². The van der Waals surface area contributed by atoms with Crippen molar-refractivity contribution in [2.24, 2.45) is 10.7 Å². The molecule has 2 heteroatoms. The zero-order valence-corrected chi connectivity index (χ0v) is 3.76. The second-order valence-corrected chi connectivity index (χ2v) is 0.792. The minimum absolute atomic E-state index is 1.44. The van der Waals surface area contributed by atoms with Gasteiger partial charge in [-0.25, -0.2) is 0 Å². The molecule has 0 spiro atoms. The van der Waals surface area contributed by atoms with E-state index in [9.17, 15) is 0 Å². The van der Waals surface area contributed by atoms with E-state index in [-0.39, 0.29) is 0 Å². The fraction of sp³-hybridized carbons (Fsp3) is 0.250. The van der Waals surface area contributed by atoms with Crippen molar-refractivity contribution in [3.8, 4) is 0 Å². The fourth-order valence-electron chi connectivity index (χ4n) is 0.136. The molecule has 0 saturated heterocycles. The van der Waals surface area contributed by atoms with Gasteiger partial charge in [-0.1, -0.05) is 0 Å². The van der Waals surface area contributed by atoms with Crippen LogP contribution >= 0.6 is 0 Å². The van der Waals surface area contributed by atoms with Crippen molar-refractivity contribution in [3.05, 3.63) is 12.3 Å². The van der Waals surface area contributed by atoms with Crippen LogP contribution in [0.5, 0.6) is 0 Å². The van der Waals surface area contributed by atoms with Crippen molar-refractivity contribution in [2.75, 3.05) is 7.05 Å². The molecule has 0 fully saturated rings. The second-order valence-electron chi connectivity index (χ2n) is 0.792. The molecule has 0 amide bonds. The molecule has 2 N–H and O–H groups in total. The molecule has 0 atom stereocenters. The Balaban J connectivity index is 3.07. The largest absolute Gasteiger partial charge is 0.405 e. The average molecular weight is 84.1 g/mol. The topological polar surface area (TPSA) is 38.4 Å². The van der Waals surface area contributed by atoms with Crippen LogP contribution < -0.4 is 5.73 Å². The van der Waals surface area contributed by atoms with Crippen LogP contribution in [0.4, 0.5) is 0 Å². The summed E-state index contributed by atoms with van der Waals surface area (Å²) in [6.07, 6.45) is 4.73. The van der Waals surface area contributed by atoms with Crippen LogP contribution in [-0.4, -0.2) is 13.3 Å². The highest BCUT2D eigenvalue weighted by atomic mass is 14.6. The monoisotopic (exact) mass is 84.1 g/mol. The lowest BCUT2D eigenvalue weighted by molar-refractivity contribution is 1.47. The van der Waals surface area contributed by atoms with Gasteiger partial charge in [-0.15, -0.1) is 0 Å². The first-order chi connectivity index (χ1) is 2.91. The number of hydrogen-bond donors (Lipinski definition) is 1. The highest BCUT2D eigenvalue weighted by Gasteiger charge is 1.49. The molecule has 0 unspecified atom stereocenters. The summed E-state index contributed by atoms with van der Waals surface area (Å²) in [5.41, 5.74) is 4.94. The van der Waals surface area contributed by atoms with E-state index in [0.29, 0.717) is 0 Å². The summed E-state index contributed by atoms with van der Waals surface area (Å²) >= 11 is 0. The number of rotatable bonds is 1. The van der Waals surface area contributed by atoms with Crippen molar-refractivity contribution in [1.82, 2.24) is 0 Å². The smallest absolute Gasteiger partial charge is 0.0277 e. The van der Waals surface area contributed by atoms with Crippen LogP contribution in [0.15, 0.2) is 17.3 Å². The van der Waals surface area contributed by atoms with Gasteiger partial charge in [0.2, 0.25) is 0 Å². The highest BCUT2D eigenvalue weighted by Crippen LogP contribution is 1.53. The number of allylic oxidation sites excluding steroid dienone is 1. The molecule has 0 aliphatic heterocycles. The van der Waals surface area contributed by atoms with Crippen LogP contribution in [0.2, 0.25) is 0 Å². The molecule has 0 aromatic heterocycles. The molecule has 0 bridgehead atoms. The normalized spacial score (nSPS) is 11.5. The van der Waals surface area contributed by atoms with Gasteiger partial charge in [-0.2, -0.15) is 0 Å². The summed E-state index contributed by atoms with van der Waals surface area (Å²) in [6, 6.07) is 0. The maximum absolute atomic E-state index is 4.94. The fourth-order valence-corrected chi connectivity index (χ4v) is 0.136.